The minimum absolute atomic E-state index is 0.118. The average molecular weight is 572 g/mol. The quantitative estimate of drug-likeness (QED) is 0.411. The molecule has 0 aromatic heterocycles. The number of nitrogens with zero attached hydrogens (tertiary/aromatic N) is 2. The van der Waals surface area contributed by atoms with Gasteiger partial charge in [-0.2, -0.15) is 0 Å². The van der Waals surface area contributed by atoms with Crippen molar-refractivity contribution in [2.24, 2.45) is 0 Å². The summed E-state index contributed by atoms with van der Waals surface area (Å²) in [5.74, 6) is -0.628. The van der Waals surface area contributed by atoms with E-state index in [4.69, 9.17) is 14.2 Å². The van der Waals surface area contributed by atoms with Gasteiger partial charge in [0.15, 0.2) is 0 Å². The lowest BCUT2D eigenvalue weighted by Gasteiger charge is -2.34. The fourth-order valence-electron chi connectivity index (χ4n) is 4.68. The van der Waals surface area contributed by atoms with E-state index in [9.17, 15) is 18.8 Å². The lowest BCUT2D eigenvalue weighted by Crippen LogP contribution is -2.57. The number of carbonyl (C=O) groups is 3. The number of amides is 3. The van der Waals surface area contributed by atoms with Crippen LogP contribution in [0.5, 0.6) is 0 Å². The molecule has 2 aromatic carbocycles. The van der Waals surface area contributed by atoms with E-state index in [2.05, 4.69) is 5.32 Å². The van der Waals surface area contributed by atoms with E-state index in [-0.39, 0.29) is 30.9 Å². The predicted molar refractivity (Wildman–Crippen MR) is 153 cm³/mol. The van der Waals surface area contributed by atoms with Crippen LogP contribution < -0.4 is 5.32 Å². The second kappa shape index (κ2) is 14.8. The van der Waals surface area contributed by atoms with Crippen LogP contribution >= 0.6 is 0 Å². The highest BCUT2D eigenvalue weighted by molar-refractivity contribution is 5.87. The second-order valence-electron chi connectivity index (χ2n) is 11.3. The van der Waals surface area contributed by atoms with Gasteiger partial charge in [0.1, 0.15) is 24.1 Å². The summed E-state index contributed by atoms with van der Waals surface area (Å²) in [6.45, 7) is 8.13. The van der Waals surface area contributed by atoms with Gasteiger partial charge in [0, 0.05) is 32.8 Å². The number of carbonyl (C=O) groups excluding carboxylic acids is 3. The smallest absolute Gasteiger partial charge is 0.410 e. The molecule has 3 atom stereocenters. The molecule has 1 aliphatic heterocycles. The Labute approximate surface area is 241 Å². The molecule has 224 valence electrons. The van der Waals surface area contributed by atoms with Gasteiger partial charge in [0.25, 0.3) is 0 Å². The first-order valence-corrected chi connectivity index (χ1v) is 14.0. The van der Waals surface area contributed by atoms with Crippen LogP contribution in [0.2, 0.25) is 0 Å². The Balaban J connectivity index is 1.74. The van der Waals surface area contributed by atoms with Crippen LogP contribution in [-0.2, 0) is 32.0 Å². The number of rotatable bonds is 11. The Morgan fingerprint density at radius 1 is 1.07 bits per heavy atom. The van der Waals surface area contributed by atoms with E-state index >= 15 is 0 Å². The molecule has 0 saturated carbocycles. The van der Waals surface area contributed by atoms with E-state index in [0.717, 1.165) is 17.5 Å². The number of hydrogen-bond acceptors (Lipinski definition) is 6. The van der Waals surface area contributed by atoms with E-state index in [0.29, 0.717) is 25.9 Å². The van der Waals surface area contributed by atoms with Gasteiger partial charge in [-0.05, 0) is 70.2 Å². The van der Waals surface area contributed by atoms with E-state index < -0.39 is 29.9 Å². The topological polar surface area (TPSA) is 97.4 Å². The van der Waals surface area contributed by atoms with Crippen molar-refractivity contribution in [1.82, 2.24) is 15.1 Å². The van der Waals surface area contributed by atoms with Crippen molar-refractivity contribution in [2.45, 2.75) is 77.4 Å². The zero-order chi connectivity index (χ0) is 30.0. The summed E-state index contributed by atoms with van der Waals surface area (Å²) in [4.78, 5) is 42.8. The highest BCUT2D eigenvalue weighted by Gasteiger charge is 2.38. The zero-order valence-corrected chi connectivity index (χ0v) is 24.6. The van der Waals surface area contributed by atoms with Crippen LogP contribution in [0.25, 0.3) is 0 Å². The number of likely N-dealkylation sites (tertiary alicyclic amines) is 1. The number of nitrogens with one attached hydrogen (secondary N) is 1. The number of hydrogen-bond donors (Lipinski definition) is 1. The Bertz CT molecular complexity index is 1140. The summed E-state index contributed by atoms with van der Waals surface area (Å²) >= 11 is 0. The molecule has 1 heterocycles. The Morgan fingerprint density at radius 3 is 2.39 bits per heavy atom. The van der Waals surface area contributed by atoms with E-state index in [1.807, 2.05) is 30.3 Å². The third kappa shape index (κ3) is 10.0. The van der Waals surface area contributed by atoms with Crippen LogP contribution in [0.4, 0.5) is 14.0 Å². The molecule has 3 amide bonds. The van der Waals surface area contributed by atoms with Gasteiger partial charge in [-0.15, -0.1) is 0 Å². The Morgan fingerprint density at radius 2 is 1.76 bits per heavy atom. The molecule has 0 radical (unpaired) electrons. The molecule has 10 heteroatoms. The van der Waals surface area contributed by atoms with Crippen LogP contribution in [0.15, 0.2) is 54.6 Å². The van der Waals surface area contributed by atoms with Crippen LogP contribution in [0.1, 0.15) is 51.7 Å². The second-order valence-corrected chi connectivity index (χ2v) is 11.3. The van der Waals surface area contributed by atoms with Gasteiger partial charge in [0.05, 0.1) is 6.10 Å². The Hall–Kier alpha value is -3.66. The molecular weight excluding hydrogens is 529 g/mol. The molecule has 1 fully saturated rings. The largest absolute Gasteiger partial charge is 0.445 e. The number of ether oxygens (including phenoxy) is 3. The van der Waals surface area contributed by atoms with Crippen molar-refractivity contribution in [3.63, 3.8) is 0 Å². The molecule has 0 bridgehead atoms. The van der Waals surface area contributed by atoms with Gasteiger partial charge >= 0.3 is 12.2 Å². The molecule has 41 heavy (non-hydrogen) atoms. The van der Waals surface area contributed by atoms with Gasteiger partial charge in [-0.1, -0.05) is 42.5 Å². The zero-order valence-electron chi connectivity index (χ0n) is 24.6. The minimum atomic E-state index is -0.965. The maximum absolute atomic E-state index is 13.7. The molecule has 1 N–H and O–H groups in total. The van der Waals surface area contributed by atoms with Gasteiger partial charge in [-0.3, -0.25) is 4.79 Å². The summed E-state index contributed by atoms with van der Waals surface area (Å²) in [5, 5.41) is 2.67. The normalized spacial score (nSPS) is 16.5. The van der Waals surface area contributed by atoms with E-state index in [1.165, 1.54) is 19.2 Å². The third-order valence-corrected chi connectivity index (χ3v) is 6.92. The maximum atomic E-state index is 13.7. The van der Waals surface area contributed by atoms with Crippen LogP contribution in [-0.4, -0.2) is 78.4 Å². The van der Waals surface area contributed by atoms with Crippen LogP contribution in [0, 0.1) is 5.82 Å². The third-order valence-electron chi connectivity index (χ3n) is 6.92. The monoisotopic (exact) mass is 571 g/mol. The number of alkyl carbamates (subject to hydrolysis) is 1. The first-order chi connectivity index (χ1) is 19.5. The summed E-state index contributed by atoms with van der Waals surface area (Å²) in [6, 6.07) is 14.3. The van der Waals surface area contributed by atoms with Gasteiger partial charge in [-0.25, -0.2) is 14.0 Å². The number of methoxy groups -OCH3 is 1. The minimum Gasteiger partial charge on any atom is -0.445 e. The molecule has 2 aromatic rings. The molecule has 0 aliphatic carbocycles. The Kier molecular flexibility index (Phi) is 11.5. The first kappa shape index (κ1) is 31.9. The molecule has 1 saturated heterocycles. The number of benzene rings is 2. The van der Waals surface area contributed by atoms with Crippen molar-refractivity contribution >= 4 is 18.1 Å². The van der Waals surface area contributed by atoms with Crippen molar-refractivity contribution in [1.29, 1.82) is 0 Å². The fourth-order valence-corrected chi connectivity index (χ4v) is 4.68. The molecule has 0 spiro atoms. The standard InChI is InChI=1S/C31H42FN3O6/c1-22(39-5)27(33-29(37)41-31(2,3)4)28(36)35-18-9-12-26(35)20-34(19-17-23-13-15-25(32)16-14-23)30(38)40-21-24-10-7-6-8-11-24/h6-8,10-11,13-16,22,26-27H,9,12,17-21H2,1-5H3,(H,33,37)/t22-,26?,27?/m1/s1. The highest BCUT2D eigenvalue weighted by Crippen LogP contribution is 2.22. The molecular formula is C31H42FN3O6. The molecule has 9 nitrogen and oxygen atoms in total. The molecule has 3 rings (SSSR count). The SMILES string of the molecule is CO[C@H](C)C(NC(=O)OC(C)(C)C)C(=O)N1CCCC1CN(CCc1ccc(F)cc1)C(=O)OCc1ccccc1. The molecule has 1 aliphatic rings. The summed E-state index contributed by atoms with van der Waals surface area (Å²) in [7, 11) is 1.48. The van der Waals surface area contributed by atoms with Crippen molar-refractivity contribution < 1.29 is 33.0 Å². The van der Waals surface area contributed by atoms with Crippen molar-refractivity contribution in [2.75, 3.05) is 26.7 Å². The summed E-state index contributed by atoms with van der Waals surface area (Å²) in [5.41, 5.74) is 1.01. The van der Waals surface area contributed by atoms with Gasteiger partial charge in [0.2, 0.25) is 5.91 Å². The number of halogens is 1. The highest BCUT2D eigenvalue weighted by atomic mass is 19.1. The lowest BCUT2D eigenvalue weighted by atomic mass is 10.1. The lowest BCUT2D eigenvalue weighted by molar-refractivity contribution is -0.137. The van der Waals surface area contributed by atoms with Gasteiger partial charge < -0.3 is 29.3 Å². The summed E-state index contributed by atoms with van der Waals surface area (Å²) < 4.78 is 29.8. The fraction of sp³-hybridized carbons (Fsp3) is 0.516. The summed E-state index contributed by atoms with van der Waals surface area (Å²) in [6.07, 6.45) is 0.115. The van der Waals surface area contributed by atoms with E-state index in [1.54, 1.807) is 49.6 Å². The first-order valence-electron chi connectivity index (χ1n) is 14.0. The maximum Gasteiger partial charge on any atom is 0.410 e. The van der Waals surface area contributed by atoms with Crippen molar-refractivity contribution in [3.05, 3.63) is 71.5 Å². The van der Waals surface area contributed by atoms with Crippen molar-refractivity contribution in [3.8, 4) is 0 Å². The average Bonchev–Trinajstić information content (AvgIpc) is 3.40. The molecule has 2 unspecified atom stereocenters. The predicted octanol–water partition coefficient (Wildman–Crippen LogP) is 4.93. The van der Waals surface area contributed by atoms with Crippen LogP contribution in [0.3, 0.4) is 0 Å².